The third-order valence-electron chi connectivity index (χ3n) is 1.88. The smallest absolute Gasteiger partial charge is 0.335 e. The summed E-state index contributed by atoms with van der Waals surface area (Å²) in [6.45, 7) is 0. The maximum Gasteiger partial charge on any atom is 0.335 e. The molecule has 0 aliphatic rings. The number of alkyl halides is 1. The minimum Gasteiger partial charge on any atom is -0.478 e. The number of aryl methyl sites for hydroxylation is 1. The van der Waals surface area contributed by atoms with Gasteiger partial charge >= 0.3 is 5.97 Å². The highest BCUT2D eigenvalue weighted by Crippen LogP contribution is 2.18. The molecular weight excluding hydrogens is 267 g/mol. The Morgan fingerprint density at radius 3 is 2.79 bits per heavy atom. The van der Waals surface area contributed by atoms with Crippen LogP contribution in [-0.4, -0.2) is 17.0 Å². The standard InChI is InChI=1S/C10H10BrClO2/c11-8-3-4-9(10(13)14)7(6-8)2-1-5-12/h3-4,6H,1-2,5H2,(H,13,14). The molecule has 0 atom stereocenters. The number of carboxylic acid groups (broad SMARTS) is 1. The van der Waals surface area contributed by atoms with Gasteiger partial charge in [-0.25, -0.2) is 4.79 Å². The lowest BCUT2D eigenvalue weighted by Crippen LogP contribution is -2.02. The number of carbonyl (C=O) groups is 1. The van der Waals surface area contributed by atoms with E-state index in [1.807, 2.05) is 6.07 Å². The number of rotatable bonds is 4. The maximum absolute atomic E-state index is 10.8. The van der Waals surface area contributed by atoms with Crippen LogP contribution in [-0.2, 0) is 6.42 Å². The minimum absolute atomic E-state index is 0.360. The van der Waals surface area contributed by atoms with Gasteiger partial charge in [-0.05, 0) is 36.6 Å². The van der Waals surface area contributed by atoms with Crippen LogP contribution in [0.5, 0.6) is 0 Å². The molecule has 0 unspecified atom stereocenters. The van der Waals surface area contributed by atoms with Crippen LogP contribution in [0.25, 0.3) is 0 Å². The molecule has 0 aromatic heterocycles. The largest absolute Gasteiger partial charge is 0.478 e. The monoisotopic (exact) mass is 276 g/mol. The minimum atomic E-state index is -0.887. The second kappa shape index (κ2) is 5.37. The molecule has 2 nitrogen and oxygen atoms in total. The third kappa shape index (κ3) is 3.00. The first kappa shape index (κ1) is 11.5. The zero-order valence-electron chi connectivity index (χ0n) is 7.46. The molecule has 0 amide bonds. The van der Waals surface area contributed by atoms with Gasteiger partial charge in [-0.3, -0.25) is 0 Å². The van der Waals surface area contributed by atoms with E-state index in [9.17, 15) is 4.79 Å². The zero-order valence-corrected chi connectivity index (χ0v) is 9.81. The molecule has 0 saturated carbocycles. The summed E-state index contributed by atoms with van der Waals surface area (Å²) in [6.07, 6.45) is 1.49. The van der Waals surface area contributed by atoms with Crippen LogP contribution in [0, 0.1) is 0 Å². The van der Waals surface area contributed by atoms with Crippen molar-refractivity contribution in [3.05, 3.63) is 33.8 Å². The number of aromatic carboxylic acids is 1. The van der Waals surface area contributed by atoms with Crippen molar-refractivity contribution in [3.8, 4) is 0 Å². The van der Waals surface area contributed by atoms with Crippen LogP contribution in [0.15, 0.2) is 22.7 Å². The molecular formula is C10H10BrClO2. The molecule has 0 fully saturated rings. The van der Waals surface area contributed by atoms with Crippen LogP contribution in [0.2, 0.25) is 0 Å². The number of hydrogen-bond donors (Lipinski definition) is 1. The van der Waals surface area contributed by atoms with Crippen molar-refractivity contribution < 1.29 is 9.90 Å². The number of halogens is 2. The first-order valence-corrected chi connectivity index (χ1v) is 5.55. The second-order valence-electron chi connectivity index (χ2n) is 2.90. The zero-order chi connectivity index (χ0) is 10.6. The molecule has 76 valence electrons. The molecule has 1 rings (SSSR count). The Kier molecular flexibility index (Phi) is 4.42. The Hall–Kier alpha value is -0.540. The summed E-state index contributed by atoms with van der Waals surface area (Å²) >= 11 is 8.88. The summed E-state index contributed by atoms with van der Waals surface area (Å²) in [4.78, 5) is 10.8. The van der Waals surface area contributed by atoms with Crippen LogP contribution in [0.4, 0.5) is 0 Å². The maximum atomic E-state index is 10.8. The van der Waals surface area contributed by atoms with Gasteiger partial charge in [0.05, 0.1) is 5.56 Å². The van der Waals surface area contributed by atoms with Crippen molar-refractivity contribution in [3.63, 3.8) is 0 Å². The van der Waals surface area contributed by atoms with Gasteiger partial charge in [-0.2, -0.15) is 0 Å². The Bertz CT molecular complexity index is 339. The summed E-state index contributed by atoms with van der Waals surface area (Å²) in [7, 11) is 0. The van der Waals surface area contributed by atoms with Gasteiger partial charge in [0.2, 0.25) is 0 Å². The highest BCUT2D eigenvalue weighted by Gasteiger charge is 2.09. The SMILES string of the molecule is O=C(O)c1ccc(Br)cc1CCCCl. The van der Waals surface area contributed by atoms with Gasteiger partial charge in [0.15, 0.2) is 0 Å². The first-order chi connectivity index (χ1) is 6.65. The van der Waals surface area contributed by atoms with E-state index in [-0.39, 0.29) is 0 Å². The van der Waals surface area contributed by atoms with Gasteiger partial charge in [0, 0.05) is 10.4 Å². The van der Waals surface area contributed by atoms with Crippen molar-refractivity contribution in [2.75, 3.05) is 5.88 Å². The molecule has 4 heteroatoms. The highest BCUT2D eigenvalue weighted by atomic mass is 79.9. The van der Waals surface area contributed by atoms with Gasteiger partial charge in [-0.1, -0.05) is 15.9 Å². The van der Waals surface area contributed by atoms with Gasteiger partial charge in [0.25, 0.3) is 0 Å². The third-order valence-corrected chi connectivity index (χ3v) is 2.64. The average Bonchev–Trinajstić information content (AvgIpc) is 2.14. The number of hydrogen-bond acceptors (Lipinski definition) is 1. The fraction of sp³-hybridized carbons (Fsp3) is 0.300. The molecule has 14 heavy (non-hydrogen) atoms. The van der Waals surface area contributed by atoms with E-state index < -0.39 is 5.97 Å². The fourth-order valence-corrected chi connectivity index (χ4v) is 1.78. The Morgan fingerprint density at radius 2 is 2.21 bits per heavy atom. The predicted molar refractivity (Wildman–Crippen MR) is 60.1 cm³/mol. The number of carboxylic acids is 1. The predicted octanol–water partition coefficient (Wildman–Crippen LogP) is 3.32. The Labute approximate surface area is 96.0 Å². The van der Waals surface area contributed by atoms with Gasteiger partial charge in [0.1, 0.15) is 0 Å². The van der Waals surface area contributed by atoms with Crippen molar-refractivity contribution in [2.24, 2.45) is 0 Å². The molecule has 0 saturated heterocycles. The van der Waals surface area contributed by atoms with E-state index in [0.717, 1.165) is 16.5 Å². The summed E-state index contributed by atoms with van der Waals surface area (Å²) in [5.41, 5.74) is 1.19. The van der Waals surface area contributed by atoms with Crippen molar-refractivity contribution in [2.45, 2.75) is 12.8 Å². The first-order valence-electron chi connectivity index (χ1n) is 4.23. The lowest BCUT2D eigenvalue weighted by molar-refractivity contribution is 0.0695. The molecule has 1 N–H and O–H groups in total. The molecule has 0 spiro atoms. The van der Waals surface area contributed by atoms with E-state index in [2.05, 4.69) is 15.9 Å². The molecule has 1 aromatic carbocycles. The lowest BCUT2D eigenvalue weighted by Gasteiger charge is -2.05. The summed E-state index contributed by atoms with van der Waals surface area (Å²) in [5.74, 6) is -0.340. The summed E-state index contributed by atoms with van der Waals surface area (Å²) in [6, 6.07) is 5.17. The van der Waals surface area contributed by atoms with Gasteiger partial charge in [-0.15, -0.1) is 11.6 Å². The molecule has 0 aliphatic heterocycles. The fourth-order valence-electron chi connectivity index (χ4n) is 1.24. The second-order valence-corrected chi connectivity index (χ2v) is 4.19. The van der Waals surface area contributed by atoms with Crippen molar-refractivity contribution in [1.82, 2.24) is 0 Å². The molecule has 0 heterocycles. The van der Waals surface area contributed by atoms with Crippen LogP contribution in [0.3, 0.4) is 0 Å². The van der Waals surface area contributed by atoms with Gasteiger partial charge < -0.3 is 5.11 Å². The number of benzene rings is 1. The van der Waals surface area contributed by atoms with E-state index >= 15 is 0 Å². The van der Waals surface area contributed by atoms with Crippen LogP contribution < -0.4 is 0 Å². The topological polar surface area (TPSA) is 37.3 Å². The average molecular weight is 278 g/mol. The van der Waals surface area contributed by atoms with E-state index in [4.69, 9.17) is 16.7 Å². The Balaban J connectivity index is 2.97. The van der Waals surface area contributed by atoms with E-state index in [1.54, 1.807) is 12.1 Å². The molecule has 0 bridgehead atoms. The van der Waals surface area contributed by atoms with Crippen molar-refractivity contribution >= 4 is 33.5 Å². The summed E-state index contributed by atoms with van der Waals surface area (Å²) in [5, 5.41) is 8.91. The molecule has 0 radical (unpaired) electrons. The van der Waals surface area contributed by atoms with E-state index in [0.29, 0.717) is 17.9 Å². The lowest BCUT2D eigenvalue weighted by atomic mass is 10.0. The quantitative estimate of drug-likeness (QED) is 0.857. The Morgan fingerprint density at radius 1 is 1.50 bits per heavy atom. The van der Waals surface area contributed by atoms with E-state index in [1.165, 1.54) is 0 Å². The van der Waals surface area contributed by atoms with Crippen LogP contribution >= 0.6 is 27.5 Å². The summed E-state index contributed by atoms with van der Waals surface area (Å²) < 4.78 is 0.895. The molecule has 1 aromatic rings. The van der Waals surface area contributed by atoms with Crippen LogP contribution in [0.1, 0.15) is 22.3 Å². The van der Waals surface area contributed by atoms with Crippen molar-refractivity contribution in [1.29, 1.82) is 0 Å². The normalized spacial score (nSPS) is 10.1. The molecule has 0 aliphatic carbocycles. The highest BCUT2D eigenvalue weighted by molar-refractivity contribution is 9.10.